The fraction of sp³-hybridized carbons (Fsp3) is 0.320. The Morgan fingerprint density at radius 2 is 1.75 bits per heavy atom. The summed E-state index contributed by atoms with van der Waals surface area (Å²) in [5.74, 6) is 0.123. The van der Waals surface area contributed by atoms with Crippen LogP contribution in [0.3, 0.4) is 0 Å². The molecule has 0 aliphatic rings. The van der Waals surface area contributed by atoms with Crippen molar-refractivity contribution in [2.75, 3.05) is 6.54 Å². The fourth-order valence-corrected chi connectivity index (χ4v) is 3.45. The average Bonchev–Trinajstić information content (AvgIpc) is 3.23. The molecule has 7 heteroatoms. The number of aromatic nitrogens is 1. The van der Waals surface area contributed by atoms with Crippen molar-refractivity contribution >= 4 is 23.4 Å². The van der Waals surface area contributed by atoms with E-state index < -0.39 is 5.41 Å². The largest absolute Gasteiger partial charge is 0.359 e. The number of benzene rings is 2. The second-order valence-electron chi connectivity index (χ2n) is 8.70. The lowest BCUT2D eigenvalue weighted by Crippen LogP contribution is -2.40. The van der Waals surface area contributed by atoms with Crippen LogP contribution in [0.2, 0.25) is 5.02 Å². The lowest BCUT2D eigenvalue weighted by molar-refractivity contribution is -0.140. The first-order valence-corrected chi connectivity index (χ1v) is 10.9. The van der Waals surface area contributed by atoms with Crippen molar-refractivity contribution in [1.82, 2.24) is 15.4 Å². The highest BCUT2D eigenvalue weighted by molar-refractivity contribution is 6.30. The first kappa shape index (κ1) is 23.5. The second kappa shape index (κ2) is 10.5. The summed E-state index contributed by atoms with van der Waals surface area (Å²) in [4.78, 5) is 27.2. The van der Waals surface area contributed by atoms with Crippen LogP contribution < -0.4 is 5.32 Å². The van der Waals surface area contributed by atoms with E-state index in [1.54, 1.807) is 23.1 Å². The summed E-state index contributed by atoms with van der Waals surface area (Å²) in [5, 5.41) is 7.30. The summed E-state index contributed by atoms with van der Waals surface area (Å²) in [6.07, 6.45) is 0.726. The van der Waals surface area contributed by atoms with Crippen LogP contribution in [0.4, 0.5) is 0 Å². The predicted octanol–water partition coefficient (Wildman–Crippen LogP) is 4.88. The van der Waals surface area contributed by atoms with Crippen molar-refractivity contribution in [3.63, 3.8) is 0 Å². The third-order valence-electron chi connectivity index (χ3n) is 4.92. The molecule has 1 heterocycles. The van der Waals surface area contributed by atoms with Crippen LogP contribution in [0.1, 0.15) is 48.1 Å². The molecule has 0 radical (unpaired) electrons. The molecule has 2 aromatic carbocycles. The highest BCUT2D eigenvalue weighted by Gasteiger charge is 2.28. The van der Waals surface area contributed by atoms with E-state index in [9.17, 15) is 9.59 Å². The summed E-state index contributed by atoms with van der Waals surface area (Å²) in [6, 6.07) is 18.9. The van der Waals surface area contributed by atoms with E-state index >= 15 is 0 Å². The SMILES string of the molecule is CC(C)(C)C(=O)N(CCc1ccccc1)Cc1cc(C(=O)NCc2cccc(Cl)c2)no1. The standard InChI is InChI=1S/C25H28ClN3O3/c1-25(2,3)24(31)29(13-12-18-8-5-4-6-9-18)17-21-15-22(28-32-21)23(30)27-16-19-10-7-11-20(26)14-19/h4-11,14-15H,12-13,16-17H2,1-3H3,(H,27,30). The quantitative estimate of drug-likeness (QED) is 0.527. The Morgan fingerprint density at radius 3 is 2.44 bits per heavy atom. The van der Waals surface area contributed by atoms with E-state index in [2.05, 4.69) is 10.5 Å². The highest BCUT2D eigenvalue weighted by Crippen LogP contribution is 2.20. The maximum Gasteiger partial charge on any atom is 0.273 e. The van der Waals surface area contributed by atoms with Gasteiger partial charge in [0, 0.05) is 29.6 Å². The molecule has 6 nitrogen and oxygen atoms in total. The first-order valence-electron chi connectivity index (χ1n) is 10.5. The lowest BCUT2D eigenvalue weighted by Gasteiger charge is -2.28. The van der Waals surface area contributed by atoms with Gasteiger partial charge in [0.2, 0.25) is 5.91 Å². The van der Waals surface area contributed by atoms with Crippen molar-refractivity contribution in [1.29, 1.82) is 0 Å². The summed E-state index contributed by atoms with van der Waals surface area (Å²) in [6.45, 7) is 6.78. The Morgan fingerprint density at radius 1 is 1.03 bits per heavy atom. The number of nitrogens with one attached hydrogen (secondary N) is 1. The summed E-state index contributed by atoms with van der Waals surface area (Å²) in [5.41, 5.74) is 1.68. The molecule has 0 saturated heterocycles. The van der Waals surface area contributed by atoms with Gasteiger partial charge in [0.25, 0.3) is 5.91 Å². The molecule has 0 unspecified atom stereocenters. The van der Waals surface area contributed by atoms with Crippen molar-refractivity contribution in [2.45, 2.75) is 40.3 Å². The van der Waals surface area contributed by atoms with E-state index in [0.29, 0.717) is 23.9 Å². The molecule has 168 valence electrons. The Labute approximate surface area is 193 Å². The summed E-state index contributed by atoms with van der Waals surface area (Å²) in [7, 11) is 0. The third kappa shape index (κ3) is 6.69. The molecular formula is C25H28ClN3O3. The minimum Gasteiger partial charge on any atom is -0.359 e. The van der Waals surface area contributed by atoms with Gasteiger partial charge in [0.1, 0.15) is 0 Å². The molecule has 1 aromatic heterocycles. The van der Waals surface area contributed by atoms with Gasteiger partial charge in [-0.05, 0) is 29.7 Å². The minimum atomic E-state index is -0.534. The Kier molecular flexibility index (Phi) is 7.70. The minimum absolute atomic E-state index is 0.0109. The van der Waals surface area contributed by atoms with Crippen LogP contribution in [0, 0.1) is 5.41 Å². The highest BCUT2D eigenvalue weighted by atomic mass is 35.5. The molecule has 0 saturated carbocycles. The number of hydrogen-bond donors (Lipinski definition) is 1. The summed E-state index contributed by atoms with van der Waals surface area (Å²) < 4.78 is 5.38. The monoisotopic (exact) mass is 453 g/mol. The Bertz CT molecular complexity index is 1060. The zero-order valence-corrected chi connectivity index (χ0v) is 19.4. The Balaban J connectivity index is 1.64. The molecule has 3 rings (SSSR count). The van der Waals surface area contributed by atoms with Gasteiger partial charge in [-0.15, -0.1) is 0 Å². The second-order valence-corrected chi connectivity index (χ2v) is 9.14. The molecule has 0 spiro atoms. The van der Waals surface area contributed by atoms with Crippen LogP contribution >= 0.6 is 11.6 Å². The number of rotatable bonds is 8. The molecule has 0 aliphatic heterocycles. The summed E-state index contributed by atoms with van der Waals surface area (Å²) >= 11 is 5.98. The number of hydrogen-bond acceptors (Lipinski definition) is 4. The topological polar surface area (TPSA) is 75.4 Å². The molecule has 3 aromatic rings. The van der Waals surface area contributed by atoms with Crippen molar-refractivity contribution < 1.29 is 14.1 Å². The zero-order valence-electron chi connectivity index (χ0n) is 18.6. The van der Waals surface area contributed by atoms with Gasteiger partial charge >= 0.3 is 0 Å². The molecule has 0 bridgehead atoms. The number of halogens is 1. The zero-order chi connectivity index (χ0) is 23.1. The van der Waals surface area contributed by atoms with Crippen LogP contribution in [-0.4, -0.2) is 28.4 Å². The molecule has 32 heavy (non-hydrogen) atoms. The fourth-order valence-electron chi connectivity index (χ4n) is 3.24. The Hall–Kier alpha value is -3.12. The van der Waals surface area contributed by atoms with Crippen LogP contribution in [0.15, 0.2) is 65.2 Å². The van der Waals surface area contributed by atoms with Crippen LogP contribution in [0.5, 0.6) is 0 Å². The maximum atomic E-state index is 13.0. The van der Waals surface area contributed by atoms with E-state index in [4.69, 9.17) is 16.1 Å². The van der Waals surface area contributed by atoms with E-state index in [1.807, 2.05) is 63.2 Å². The van der Waals surface area contributed by atoms with Crippen LogP contribution in [0.25, 0.3) is 0 Å². The van der Waals surface area contributed by atoms with Crippen molar-refractivity contribution in [3.05, 3.63) is 88.3 Å². The average molecular weight is 454 g/mol. The first-order chi connectivity index (χ1) is 15.2. The van der Waals surface area contributed by atoms with Crippen molar-refractivity contribution in [3.8, 4) is 0 Å². The normalized spacial score (nSPS) is 11.2. The molecule has 0 atom stereocenters. The van der Waals surface area contributed by atoms with Gasteiger partial charge in [0.05, 0.1) is 6.54 Å². The van der Waals surface area contributed by atoms with Gasteiger partial charge in [-0.2, -0.15) is 0 Å². The van der Waals surface area contributed by atoms with Gasteiger partial charge < -0.3 is 14.7 Å². The molecular weight excluding hydrogens is 426 g/mol. The van der Waals surface area contributed by atoms with Gasteiger partial charge in [0.15, 0.2) is 11.5 Å². The number of amides is 2. The van der Waals surface area contributed by atoms with Gasteiger partial charge in [-0.25, -0.2) is 0 Å². The number of carbonyl (C=O) groups excluding carboxylic acids is 2. The number of carbonyl (C=O) groups is 2. The smallest absolute Gasteiger partial charge is 0.273 e. The van der Waals surface area contributed by atoms with E-state index in [0.717, 1.165) is 17.5 Å². The van der Waals surface area contributed by atoms with Crippen LogP contribution in [-0.2, 0) is 24.3 Å². The third-order valence-corrected chi connectivity index (χ3v) is 5.16. The van der Waals surface area contributed by atoms with E-state index in [-0.39, 0.29) is 24.1 Å². The van der Waals surface area contributed by atoms with Gasteiger partial charge in [-0.3, -0.25) is 9.59 Å². The van der Waals surface area contributed by atoms with E-state index in [1.165, 1.54) is 0 Å². The molecule has 2 amide bonds. The van der Waals surface area contributed by atoms with Crippen molar-refractivity contribution in [2.24, 2.45) is 5.41 Å². The lowest BCUT2D eigenvalue weighted by atomic mass is 9.94. The molecule has 0 fully saturated rings. The molecule has 0 aliphatic carbocycles. The molecule has 1 N–H and O–H groups in total. The predicted molar refractivity (Wildman–Crippen MR) is 124 cm³/mol. The number of nitrogens with zero attached hydrogens (tertiary/aromatic N) is 2. The van der Waals surface area contributed by atoms with Gasteiger partial charge in [-0.1, -0.05) is 80.0 Å². The maximum absolute atomic E-state index is 13.0.